The third-order valence-electron chi connectivity index (χ3n) is 4.54. The molecule has 0 aliphatic rings. The molecule has 0 aromatic carbocycles. The van der Waals surface area contributed by atoms with E-state index in [0.717, 1.165) is 13.0 Å². The summed E-state index contributed by atoms with van der Waals surface area (Å²) in [6.45, 7) is 18.4. The van der Waals surface area contributed by atoms with Crippen LogP contribution in [-0.4, -0.2) is 126 Å². The van der Waals surface area contributed by atoms with Crippen LogP contribution in [0, 0.1) is 5.92 Å². The molecule has 0 fully saturated rings. The van der Waals surface area contributed by atoms with Gasteiger partial charge in [0.2, 0.25) is 0 Å². The van der Waals surface area contributed by atoms with Crippen molar-refractivity contribution in [1.29, 1.82) is 0 Å². The highest BCUT2D eigenvalue weighted by atomic mass is 16.6. The lowest BCUT2D eigenvalue weighted by Crippen LogP contribution is -2.15. The lowest BCUT2D eigenvalue weighted by Gasteiger charge is -2.10. The van der Waals surface area contributed by atoms with E-state index < -0.39 is 0 Å². The van der Waals surface area contributed by atoms with Gasteiger partial charge in [-0.05, 0) is 5.92 Å². The van der Waals surface area contributed by atoms with E-state index in [1.165, 1.54) is 6.26 Å². The molecule has 0 radical (unpaired) electrons. The summed E-state index contributed by atoms with van der Waals surface area (Å²) in [5, 5.41) is 0. The van der Waals surface area contributed by atoms with Gasteiger partial charge in [-0.2, -0.15) is 0 Å². The average molecular weight is 511 g/mol. The number of hydrogen-bond acceptors (Lipinski definition) is 10. The molecule has 0 aliphatic carbocycles. The summed E-state index contributed by atoms with van der Waals surface area (Å²) < 4.78 is 53.8. The molecular formula is C25H50O10. The molecule has 0 aromatic heterocycles. The second-order valence-electron chi connectivity index (χ2n) is 7.52. The molecule has 0 amide bonds. The van der Waals surface area contributed by atoms with Crippen molar-refractivity contribution in [3.8, 4) is 0 Å². The summed E-state index contributed by atoms with van der Waals surface area (Å²) in [6, 6.07) is 0. The van der Waals surface area contributed by atoms with Crippen LogP contribution in [0.4, 0.5) is 0 Å². The van der Waals surface area contributed by atoms with Gasteiger partial charge in [0, 0.05) is 6.61 Å². The predicted molar refractivity (Wildman–Crippen MR) is 133 cm³/mol. The normalized spacial score (nSPS) is 12.2. The highest BCUT2D eigenvalue weighted by Gasteiger charge is 1.98. The second-order valence-corrected chi connectivity index (χ2v) is 7.52. The van der Waals surface area contributed by atoms with E-state index in [2.05, 4.69) is 20.4 Å². The van der Waals surface area contributed by atoms with Gasteiger partial charge in [0.15, 0.2) is 0 Å². The van der Waals surface area contributed by atoms with E-state index in [1.807, 2.05) is 0 Å². The van der Waals surface area contributed by atoms with Gasteiger partial charge in [-0.15, -0.1) is 0 Å². The molecule has 10 heteroatoms. The third kappa shape index (κ3) is 31.1. The third-order valence-corrected chi connectivity index (χ3v) is 4.54. The Labute approximate surface area is 212 Å². The Bertz CT molecular complexity index is 400. The Kier molecular flexibility index (Phi) is 30.5. The maximum atomic E-state index is 5.52. The molecule has 1 atom stereocenters. The van der Waals surface area contributed by atoms with Crippen LogP contribution in [0.5, 0.6) is 0 Å². The highest BCUT2D eigenvalue weighted by Crippen LogP contribution is 1.99. The SMILES string of the molecule is C=COCCOCCOCCOCCOCCOCCOCCOCCOCCOCC(C)CC. The van der Waals surface area contributed by atoms with Gasteiger partial charge < -0.3 is 47.4 Å². The second kappa shape index (κ2) is 31.2. The first-order valence-corrected chi connectivity index (χ1v) is 12.7. The molecule has 35 heavy (non-hydrogen) atoms. The zero-order valence-electron chi connectivity index (χ0n) is 22.1. The van der Waals surface area contributed by atoms with Gasteiger partial charge in [0.25, 0.3) is 0 Å². The van der Waals surface area contributed by atoms with Crippen LogP contribution in [0.15, 0.2) is 12.8 Å². The fourth-order valence-corrected chi connectivity index (χ4v) is 2.35. The molecule has 10 nitrogen and oxygen atoms in total. The molecular weight excluding hydrogens is 460 g/mol. The van der Waals surface area contributed by atoms with Crippen molar-refractivity contribution < 1.29 is 47.4 Å². The molecule has 0 spiro atoms. The van der Waals surface area contributed by atoms with Gasteiger partial charge in [-0.25, -0.2) is 0 Å². The molecule has 0 saturated heterocycles. The van der Waals surface area contributed by atoms with Crippen LogP contribution in [0.2, 0.25) is 0 Å². The minimum absolute atomic E-state index is 0.508. The maximum Gasteiger partial charge on any atom is 0.111 e. The summed E-state index contributed by atoms with van der Waals surface area (Å²) >= 11 is 0. The first kappa shape index (κ1) is 34.2. The highest BCUT2D eigenvalue weighted by molar-refractivity contribution is 4.48. The fraction of sp³-hybridized carbons (Fsp3) is 0.920. The van der Waals surface area contributed by atoms with Crippen LogP contribution < -0.4 is 0 Å². The van der Waals surface area contributed by atoms with E-state index in [1.54, 1.807) is 0 Å². The Morgan fingerprint density at radius 3 is 0.971 bits per heavy atom. The fourth-order valence-electron chi connectivity index (χ4n) is 2.35. The number of hydrogen-bond donors (Lipinski definition) is 0. The summed E-state index contributed by atoms with van der Waals surface area (Å²) in [5.41, 5.74) is 0. The number of rotatable bonds is 31. The quantitative estimate of drug-likeness (QED) is 0.102. The summed E-state index contributed by atoms with van der Waals surface area (Å²) in [4.78, 5) is 0. The van der Waals surface area contributed by atoms with E-state index in [-0.39, 0.29) is 0 Å². The van der Waals surface area contributed by atoms with Crippen LogP contribution in [0.3, 0.4) is 0 Å². The van der Waals surface area contributed by atoms with Crippen LogP contribution in [-0.2, 0) is 47.4 Å². The zero-order valence-corrected chi connectivity index (χ0v) is 22.1. The summed E-state index contributed by atoms with van der Waals surface area (Å²) in [7, 11) is 0. The van der Waals surface area contributed by atoms with Crippen LogP contribution in [0.25, 0.3) is 0 Å². The Hall–Kier alpha value is -0.820. The Balaban J connectivity index is 3.02. The van der Waals surface area contributed by atoms with Crippen molar-refractivity contribution in [3.05, 3.63) is 12.8 Å². The molecule has 0 aromatic rings. The zero-order chi connectivity index (χ0) is 25.5. The standard InChI is InChI=1S/C25H50O10/c1-4-25(3)24-35-23-22-34-21-20-33-19-18-32-17-16-31-15-14-30-13-12-29-11-10-28-9-8-27-7-6-26-5-2/h5,25H,2,4,6-24H2,1,3H3. The topological polar surface area (TPSA) is 92.3 Å². The van der Waals surface area contributed by atoms with Crippen molar-refractivity contribution in [3.63, 3.8) is 0 Å². The average Bonchev–Trinajstić information content (AvgIpc) is 2.87. The lowest BCUT2D eigenvalue weighted by molar-refractivity contribution is -0.0261. The molecule has 0 N–H and O–H groups in total. The Morgan fingerprint density at radius 1 is 0.457 bits per heavy atom. The first-order valence-electron chi connectivity index (χ1n) is 12.7. The Morgan fingerprint density at radius 2 is 0.714 bits per heavy atom. The van der Waals surface area contributed by atoms with Gasteiger partial charge >= 0.3 is 0 Å². The summed E-state index contributed by atoms with van der Waals surface area (Å²) in [5.74, 6) is 0.602. The largest absolute Gasteiger partial charge is 0.499 e. The van der Waals surface area contributed by atoms with E-state index in [9.17, 15) is 0 Å². The maximum absolute atomic E-state index is 5.52. The van der Waals surface area contributed by atoms with Gasteiger partial charge in [-0.3, -0.25) is 0 Å². The van der Waals surface area contributed by atoms with Crippen LogP contribution in [0.1, 0.15) is 20.3 Å². The van der Waals surface area contributed by atoms with E-state index >= 15 is 0 Å². The predicted octanol–water partition coefficient (Wildman–Crippen LogP) is 2.34. The molecule has 0 bridgehead atoms. The monoisotopic (exact) mass is 510 g/mol. The van der Waals surface area contributed by atoms with Crippen molar-refractivity contribution in [2.24, 2.45) is 5.92 Å². The first-order chi connectivity index (χ1) is 17.3. The molecule has 0 heterocycles. The smallest absolute Gasteiger partial charge is 0.111 e. The van der Waals surface area contributed by atoms with E-state index in [0.29, 0.717) is 125 Å². The van der Waals surface area contributed by atoms with E-state index in [4.69, 9.17) is 47.4 Å². The molecule has 210 valence electrons. The lowest BCUT2D eigenvalue weighted by atomic mass is 10.1. The minimum Gasteiger partial charge on any atom is -0.499 e. The van der Waals surface area contributed by atoms with Crippen molar-refractivity contribution in [1.82, 2.24) is 0 Å². The van der Waals surface area contributed by atoms with Crippen LogP contribution >= 0.6 is 0 Å². The summed E-state index contributed by atoms with van der Waals surface area (Å²) in [6.07, 6.45) is 2.53. The van der Waals surface area contributed by atoms with Gasteiger partial charge in [0.05, 0.1) is 119 Å². The minimum atomic E-state index is 0.508. The molecule has 1 unspecified atom stereocenters. The molecule has 0 saturated carbocycles. The van der Waals surface area contributed by atoms with Crippen molar-refractivity contribution >= 4 is 0 Å². The molecule has 0 aliphatic heterocycles. The number of ether oxygens (including phenoxy) is 10. The van der Waals surface area contributed by atoms with Crippen molar-refractivity contribution in [2.75, 3.05) is 126 Å². The van der Waals surface area contributed by atoms with Gasteiger partial charge in [0.1, 0.15) is 6.61 Å². The van der Waals surface area contributed by atoms with Gasteiger partial charge in [-0.1, -0.05) is 26.8 Å². The van der Waals surface area contributed by atoms with Crippen molar-refractivity contribution in [2.45, 2.75) is 20.3 Å². The molecule has 0 rings (SSSR count).